The monoisotopic (exact) mass is 412 g/mol. The van der Waals surface area contributed by atoms with Gasteiger partial charge in [-0.15, -0.1) is 13.2 Å². The predicted octanol–water partition coefficient (Wildman–Crippen LogP) is 5.92. The standard InChI is InChI=1S/C13H6Br2F4O/c14-9-2-1-3-11(16)12(9)8-5-4-7(6-10(8)15)20-13(17,18)19/h1-6H. The summed E-state index contributed by atoms with van der Waals surface area (Å²) in [5.74, 6) is -0.856. The van der Waals surface area contributed by atoms with Crippen molar-refractivity contribution in [3.05, 3.63) is 51.2 Å². The van der Waals surface area contributed by atoms with Crippen LogP contribution in [0, 0.1) is 5.82 Å². The van der Waals surface area contributed by atoms with E-state index in [9.17, 15) is 17.6 Å². The molecular formula is C13H6Br2F4O. The molecule has 0 amide bonds. The van der Waals surface area contributed by atoms with Crippen molar-refractivity contribution in [1.82, 2.24) is 0 Å². The Balaban J connectivity index is 2.45. The van der Waals surface area contributed by atoms with Crippen molar-refractivity contribution >= 4 is 31.9 Å². The molecule has 0 aliphatic carbocycles. The molecule has 0 heterocycles. The fourth-order valence-electron chi connectivity index (χ4n) is 1.65. The minimum atomic E-state index is -4.76. The predicted molar refractivity (Wildman–Crippen MR) is 73.9 cm³/mol. The van der Waals surface area contributed by atoms with Crippen molar-refractivity contribution in [3.63, 3.8) is 0 Å². The van der Waals surface area contributed by atoms with Gasteiger partial charge in [-0.1, -0.05) is 37.9 Å². The minimum absolute atomic E-state index is 0.262. The van der Waals surface area contributed by atoms with Crippen molar-refractivity contribution < 1.29 is 22.3 Å². The molecule has 0 spiro atoms. The normalized spacial score (nSPS) is 11.5. The van der Waals surface area contributed by atoms with Gasteiger partial charge in [0.25, 0.3) is 0 Å². The molecule has 106 valence electrons. The van der Waals surface area contributed by atoms with Gasteiger partial charge in [0, 0.05) is 20.1 Å². The average Bonchev–Trinajstić information content (AvgIpc) is 2.29. The number of hydrogen-bond donors (Lipinski definition) is 0. The molecule has 2 aromatic rings. The van der Waals surface area contributed by atoms with Crippen molar-refractivity contribution in [2.24, 2.45) is 0 Å². The maximum absolute atomic E-state index is 13.8. The van der Waals surface area contributed by atoms with Gasteiger partial charge in [0.15, 0.2) is 0 Å². The molecule has 0 saturated heterocycles. The quantitative estimate of drug-likeness (QED) is 0.555. The van der Waals surface area contributed by atoms with Gasteiger partial charge in [0.2, 0.25) is 0 Å². The van der Waals surface area contributed by atoms with Crippen molar-refractivity contribution in [1.29, 1.82) is 0 Å². The molecule has 0 aromatic heterocycles. The summed E-state index contributed by atoms with van der Waals surface area (Å²) < 4.78 is 54.8. The van der Waals surface area contributed by atoms with Crippen LogP contribution in [0.15, 0.2) is 45.3 Å². The zero-order valence-corrected chi connectivity index (χ0v) is 12.8. The topological polar surface area (TPSA) is 9.23 Å². The molecule has 0 radical (unpaired) electrons. The lowest BCUT2D eigenvalue weighted by molar-refractivity contribution is -0.274. The fourth-order valence-corrected chi connectivity index (χ4v) is 2.76. The van der Waals surface area contributed by atoms with E-state index in [4.69, 9.17) is 0 Å². The maximum atomic E-state index is 13.8. The summed E-state index contributed by atoms with van der Waals surface area (Å²) in [5, 5.41) is 0. The van der Waals surface area contributed by atoms with Gasteiger partial charge >= 0.3 is 6.36 Å². The van der Waals surface area contributed by atoms with Crippen LogP contribution in [0.1, 0.15) is 0 Å². The molecule has 0 unspecified atom stereocenters. The lowest BCUT2D eigenvalue weighted by atomic mass is 10.1. The van der Waals surface area contributed by atoms with E-state index in [-0.39, 0.29) is 11.3 Å². The van der Waals surface area contributed by atoms with E-state index in [1.165, 1.54) is 18.2 Å². The van der Waals surface area contributed by atoms with Gasteiger partial charge in [-0.3, -0.25) is 0 Å². The third-order valence-electron chi connectivity index (χ3n) is 2.41. The molecule has 0 aliphatic heterocycles. The van der Waals surface area contributed by atoms with Crippen molar-refractivity contribution in [3.8, 4) is 16.9 Å². The van der Waals surface area contributed by atoms with E-state index >= 15 is 0 Å². The van der Waals surface area contributed by atoms with Crippen LogP contribution in [0.25, 0.3) is 11.1 Å². The SMILES string of the molecule is Fc1cccc(Br)c1-c1ccc(OC(F)(F)F)cc1Br. The summed E-state index contributed by atoms with van der Waals surface area (Å²) in [6.45, 7) is 0. The van der Waals surface area contributed by atoms with E-state index < -0.39 is 12.2 Å². The number of halogens is 6. The molecule has 0 fully saturated rings. The van der Waals surface area contributed by atoms with Gasteiger partial charge < -0.3 is 4.74 Å². The second-order valence-corrected chi connectivity index (χ2v) is 5.49. The molecular weight excluding hydrogens is 408 g/mol. The van der Waals surface area contributed by atoms with Gasteiger partial charge in [-0.2, -0.15) is 0 Å². The largest absolute Gasteiger partial charge is 0.573 e. The lowest BCUT2D eigenvalue weighted by Gasteiger charge is -2.12. The van der Waals surface area contributed by atoms with E-state index in [0.717, 1.165) is 12.1 Å². The van der Waals surface area contributed by atoms with Gasteiger partial charge in [-0.25, -0.2) is 4.39 Å². The average molecular weight is 414 g/mol. The molecule has 20 heavy (non-hydrogen) atoms. The summed E-state index contributed by atoms with van der Waals surface area (Å²) in [6.07, 6.45) is -4.76. The zero-order chi connectivity index (χ0) is 14.9. The summed E-state index contributed by atoms with van der Waals surface area (Å²) in [4.78, 5) is 0. The van der Waals surface area contributed by atoms with Crippen LogP contribution in [0.5, 0.6) is 5.75 Å². The van der Waals surface area contributed by atoms with Crippen LogP contribution in [-0.4, -0.2) is 6.36 Å². The Bertz CT molecular complexity index is 621. The molecule has 0 aliphatic rings. The number of hydrogen-bond acceptors (Lipinski definition) is 1. The first-order valence-corrected chi connectivity index (χ1v) is 6.86. The highest BCUT2D eigenvalue weighted by molar-refractivity contribution is 9.11. The van der Waals surface area contributed by atoms with E-state index in [0.29, 0.717) is 14.5 Å². The molecule has 0 atom stereocenters. The van der Waals surface area contributed by atoms with Crippen LogP contribution >= 0.6 is 31.9 Å². The van der Waals surface area contributed by atoms with Crippen LogP contribution in [0.4, 0.5) is 17.6 Å². The highest BCUT2D eigenvalue weighted by atomic mass is 79.9. The molecule has 0 bridgehead atoms. The number of alkyl halides is 3. The second-order valence-electron chi connectivity index (χ2n) is 3.79. The zero-order valence-electron chi connectivity index (χ0n) is 9.64. The van der Waals surface area contributed by atoms with Gasteiger partial charge in [0.1, 0.15) is 11.6 Å². The van der Waals surface area contributed by atoms with E-state index in [2.05, 4.69) is 36.6 Å². The van der Waals surface area contributed by atoms with Crippen molar-refractivity contribution in [2.75, 3.05) is 0 Å². The Labute approximate surface area is 128 Å². The Morgan fingerprint density at radius 2 is 1.65 bits per heavy atom. The van der Waals surface area contributed by atoms with Crippen molar-refractivity contribution in [2.45, 2.75) is 6.36 Å². The molecule has 0 saturated carbocycles. The molecule has 1 nitrogen and oxygen atoms in total. The summed E-state index contributed by atoms with van der Waals surface area (Å²) >= 11 is 6.34. The van der Waals surface area contributed by atoms with Crippen LogP contribution in [0.2, 0.25) is 0 Å². The third-order valence-corrected chi connectivity index (χ3v) is 3.72. The van der Waals surface area contributed by atoms with E-state index in [1.807, 2.05) is 0 Å². The molecule has 7 heteroatoms. The Morgan fingerprint density at radius 1 is 0.950 bits per heavy atom. The summed E-state index contributed by atoms with van der Waals surface area (Å²) in [5.41, 5.74) is 0.683. The highest BCUT2D eigenvalue weighted by Gasteiger charge is 2.31. The Morgan fingerprint density at radius 3 is 2.20 bits per heavy atom. The van der Waals surface area contributed by atoms with Crippen LogP contribution in [-0.2, 0) is 0 Å². The van der Waals surface area contributed by atoms with Gasteiger partial charge in [-0.05, 0) is 30.3 Å². The summed E-state index contributed by atoms with van der Waals surface area (Å²) in [6, 6.07) is 8.07. The number of rotatable bonds is 2. The number of ether oxygens (including phenoxy) is 1. The number of benzene rings is 2. The molecule has 2 aromatic carbocycles. The van der Waals surface area contributed by atoms with Gasteiger partial charge in [0.05, 0.1) is 0 Å². The second kappa shape index (κ2) is 5.73. The van der Waals surface area contributed by atoms with E-state index in [1.54, 1.807) is 6.07 Å². The first kappa shape index (κ1) is 15.3. The fraction of sp³-hybridized carbons (Fsp3) is 0.0769. The van der Waals surface area contributed by atoms with Crippen LogP contribution < -0.4 is 4.74 Å². The summed E-state index contributed by atoms with van der Waals surface area (Å²) in [7, 11) is 0. The first-order chi connectivity index (χ1) is 9.28. The molecule has 0 N–H and O–H groups in total. The van der Waals surface area contributed by atoms with Crippen LogP contribution in [0.3, 0.4) is 0 Å². The highest BCUT2D eigenvalue weighted by Crippen LogP contribution is 2.38. The first-order valence-electron chi connectivity index (χ1n) is 5.27. The maximum Gasteiger partial charge on any atom is 0.573 e. The Hall–Kier alpha value is -1.08. The lowest BCUT2D eigenvalue weighted by Crippen LogP contribution is -2.17. The molecule has 2 rings (SSSR count). The Kier molecular flexibility index (Phi) is 4.39. The minimum Gasteiger partial charge on any atom is -0.406 e. The smallest absolute Gasteiger partial charge is 0.406 e. The third kappa shape index (κ3) is 3.52.